The fourth-order valence-corrected chi connectivity index (χ4v) is 3.43. The molecular weight excluding hydrogens is 236 g/mol. The molecular formula is C17H34O2. The van der Waals surface area contributed by atoms with Crippen LogP contribution in [0.15, 0.2) is 0 Å². The van der Waals surface area contributed by atoms with E-state index in [4.69, 9.17) is 9.47 Å². The maximum Gasteiger partial charge on any atom is 0.0500 e. The van der Waals surface area contributed by atoms with Gasteiger partial charge in [0.25, 0.3) is 0 Å². The lowest BCUT2D eigenvalue weighted by atomic mass is 9.64. The summed E-state index contributed by atoms with van der Waals surface area (Å²) in [5, 5.41) is 0. The van der Waals surface area contributed by atoms with Gasteiger partial charge in [-0.2, -0.15) is 0 Å². The van der Waals surface area contributed by atoms with Crippen LogP contribution in [0.5, 0.6) is 0 Å². The second-order valence-corrected chi connectivity index (χ2v) is 6.50. The number of ether oxygens (including phenoxy) is 2. The normalized spacial score (nSPS) is 35.5. The zero-order valence-electron chi connectivity index (χ0n) is 13.7. The Bertz CT molecular complexity index is 229. The Balaban J connectivity index is 2.54. The molecule has 0 heterocycles. The molecule has 0 N–H and O–H groups in total. The highest BCUT2D eigenvalue weighted by Gasteiger charge is 2.38. The molecule has 2 nitrogen and oxygen atoms in total. The van der Waals surface area contributed by atoms with Gasteiger partial charge in [-0.05, 0) is 48.9 Å². The van der Waals surface area contributed by atoms with Crippen molar-refractivity contribution in [2.75, 3.05) is 26.4 Å². The van der Waals surface area contributed by atoms with Crippen molar-refractivity contribution in [3.63, 3.8) is 0 Å². The molecule has 0 aromatic carbocycles. The first-order chi connectivity index (χ1) is 9.11. The number of hydrogen-bond donors (Lipinski definition) is 0. The van der Waals surface area contributed by atoms with Gasteiger partial charge in [-0.3, -0.25) is 0 Å². The molecule has 0 amide bonds. The monoisotopic (exact) mass is 270 g/mol. The van der Waals surface area contributed by atoms with Gasteiger partial charge in [0, 0.05) is 26.4 Å². The van der Waals surface area contributed by atoms with E-state index < -0.39 is 0 Å². The van der Waals surface area contributed by atoms with E-state index in [2.05, 4.69) is 34.6 Å². The molecule has 0 radical (unpaired) electrons. The van der Waals surface area contributed by atoms with Crippen LogP contribution in [0.3, 0.4) is 0 Å². The van der Waals surface area contributed by atoms with Gasteiger partial charge in [0.15, 0.2) is 0 Å². The molecule has 5 atom stereocenters. The zero-order valence-corrected chi connectivity index (χ0v) is 13.7. The predicted molar refractivity (Wildman–Crippen MR) is 81.3 cm³/mol. The summed E-state index contributed by atoms with van der Waals surface area (Å²) < 4.78 is 11.7. The maximum atomic E-state index is 5.86. The number of hydrogen-bond acceptors (Lipinski definition) is 2. The molecule has 1 saturated carbocycles. The van der Waals surface area contributed by atoms with Crippen molar-refractivity contribution >= 4 is 0 Å². The van der Waals surface area contributed by atoms with Crippen LogP contribution in [-0.2, 0) is 9.47 Å². The summed E-state index contributed by atoms with van der Waals surface area (Å²) in [5.41, 5.74) is 0. The summed E-state index contributed by atoms with van der Waals surface area (Å²) in [6.07, 6.45) is 3.53. The maximum absolute atomic E-state index is 5.86. The van der Waals surface area contributed by atoms with E-state index in [1.807, 2.05) is 0 Å². The predicted octanol–water partition coefficient (Wildman–Crippen LogP) is 4.38. The zero-order chi connectivity index (χ0) is 14.3. The van der Waals surface area contributed by atoms with Gasteiger partial charge in [-0.1, -0.05) is 34.6 Å². The van der Waals surface area contributed by atoms with E-state index in [1.165, 1.54) is 6.42 Å². The van der Waals surface area contributed by atoms with Gasteiger partial charge >= 0.3 is 0 Å². The van der Waals surface area contributed by atoms with E-state index in [9.17, 15) is 0 Å². The van der Waals surface area contributed by atoms with Crippen LogP contribution in [0.25, 0.3) is 0 Å². The third-order valence-electron chi connectivity index (χ3n) is 5.02. The van der Waals surface area contributed by atoms with Gasteiger partial charge in [0.1, 0.15) is 0 Å². The van der Waals surface area contributed by atoms with Gasteiger partial charge in [-0.25, -0.2) is 0 Å². The van der Waals surface area contributed by atoms with Gasteiger partial charge in [-0.15, -0.1) is 0 Å². The average molecular weight is 270 g/mol. The fourth-order valence-electron chi connectivity index (χ4n) is 3.43. The lowest BCUT2D eigenvalue weighted by molar-refractivity contribution is -0.0399. The van der Waals surface area contributed by atoms with Gasteiger partial charge in [0.05, 0.1) is 0 Å². The molecule has 1 rings (SSSR count). The molecule has 1 fully saturated rings. The van der Waals surface area contributed by atoms with Crippen molar-refractivity contribution in [3.05, 3.63) is 0 Å². The van der Waals surface area contributed by atoms with Crippen molar-refractivity contribution in [1.82, 2.24) is 0 Å². The summed E-state index contributed by atoms with van der Waals surface area (Å²) in [7, 11) is 0. The van der Waals surface area contributed by atoms with Gasteiger partial charge in [0.2, 0.25) is 0 Å². The molecule has 5 unspecified atom stereocenters. The molecule has 0 aromatic rings. The highest BCUT2D eigenvalue weighted by Crippen LogP contribution is 2.42. The smallest absolute Gasteiger partial charge is 0.0500 e. The summed E-state index contributed by atoms with van der Waals surface area (Å²) in [4.78, 5) is 0. The molecule has 0 spiro atoms. The Morgan fingerprint density at radius 2 is 1.42 bits per heavy atom. The topological polar surface area (TPSA) is 18.5 Å². The molecule has 0 aliphatic heterocycles. The minimum Gasteiger partial charge on any atom is -0.381 e. The molecule has 1 aliphatic carbocycles. The fraction of sp³-hybridized carbons (Fsp3) is 1.00. The van der Waals surface area contributed by atoms with E-state index in [0.717, 1.165) is 57.0 Å². The summed E-state index contributed by atoms with van der Waals surface area (Å²) in [6, 6.07) is 0. The SMILES string of the molecule is CCCOCC1CC(C)C(C)C(C)C1COCCC. The van der Waals surface area contributed by atoms with Crippen LogP contribution in [0, 0.1) is 29.6 Å². The highest BCUT2D eigenvalue weighted by atomic mass is 16.5. The Morgan fingerprint density at radius 1 is 0.842 bits per heavy atom. The Morgan fingerprint density at radius 3 is 2.00 bits per heavy atom. The van der Waals surface area contributed by atoms with Gasteiger partial charge < -0.3 is 9.47 Å². The minimum absolute atomic E-state index is 0.676. The lowest BCUT2D eigenvalue weighted by Gasteiger charge is -2.44. The van der Waals surface area contributed by atoms with Crippen LogP contribution in [-0.4, -0.2) is 26.4 Å². The molecule has 2 heteroatoms. The van der Waals surface area contributed by atoms with Crippen molar-refractivity contribution in [1.29, 1.82) is 0 Å². The van der Waals surface area contributed by atoms with Crippen LogP contribution >= 0.6 is 0 Å². The van der Waals surface area contributed by atoms with Crippen molar-refractivity contribution in [2.24, 2.45) is 29.6 Å². The molecule has 0 bridgehead atoms. The first-order valence-corrected chi connectivity index (χ1v) is 8.27. The largest absolute Gasteiger partial charge is 0.381 e. The van der Waals surface area contributed by atoms with Crippen molar-refractivity contribution < 1.29 is 9.47 Å². The summed E-state index contributed by atoms with van der Waals surface area (Å²) in [6.45, 7) is 15.2. The minimum atomic E-state index is 0.676. The molecule has 1 aliphatic rings. The van der Waals surface area contributed by atoms with Crippen molar-refractivity contribution in [2.45, 2.75) is 53.9 Å². The van der Waals surface area contributed by atoms with E-state index in [0.29, 0.717) is 11.8 Å². The van der Waals surface area contributed by atoms with Crippen LogP contribution in [0.1, 0.15) is 53.9 Å². The Labute approximate surface area is 120 Å². The Kier molecular flexibility index (Phi) is 8.01. The highest BCUT2D eigenvalue weighted by molar-refractivity contribution is 4.87. The van der Waals surface area contributed by atoms with Crippen LogP contribution < -0.4 is 0 Å². The van der Waals surface area contributed by atoms with E-state index in [1.54, 1.807) is 0 Å². The third kappa shape index (κ3) is 5.07. The molecule has 114 valence electrons. The standard InChI is InChI=1S/C17H34O2/c1-6-8-18-11-16-10-13(3)14(4)15(5)17(16)12-19-9-7-2/h13-17H,6-12H2,1-5H3. The summed E-state index contributed by atoms with van der Waals surface area (Å²) >= 11 is 0. The van der Waals surface area contributed by atoms with Crippen LogP contribution in [0.4, 0.5) is 0 Å². The quantitative estimate of drug-likeness (QED) is 0.609. The van der Waals surface area contributed by atoms with Crippen LogP contribution in [0.2, 0.25) is 0 Å². The summed E-state index contributed by atoms with van der Waals surface area (Å²) in [5.74, 6) is 3.72. The first kappa shape index (κ1) is 17.0. The second kappa shape index (κ2) is 8.97. The lowest BCUT2D eigenvalue weighted by Crippen LogP contribution is -2.41. The molecule has 0 aromatic heterocycles. The van der Waals surface area contributed by atoms with E-state index in [-0.39, 0.29) is 0 Å². The second-order valence-electron chi connectivity index (χ2n) is 6.50. The molecule has 19 heavy (non-hydrogen) atoms. The average Bonchev–Trinajstić information content (AvgIpc) is 2.40. The van der Waals surface area contributed by atoms with E-state index >= 15 is 0 Å². The first-order valence-electron chi connectivity index (χ1n) is 8.27. The Hall–Kier alpha value is -0.0800. The number of rotatable bonds is 8. The third-order valence-corrected chi connectivity index (χ3v) is 5.02. The van der Waals surface area contributed by atoms with Crippen molar-refractivity contribution in [3.8, 4) is 0 Å². The molecule has 0 saturated heterocycles.